The Morgan fingerprint density at radius 3 is 2.30 bits per heavy atom. The van der Waals surface area contributed by atoms with Crippen LogP contribution in [0.3, 0.4) is 0 Å². The van der Waals surface area contributed by atoms with Crippen molar-refractivity contribution in [3.05, 3.63) is 58.3 Å². The molecule has 0 radical (unpaired) electrons. The quantitative estimate of drug-likeness (QED) is 0.845. The molecule has 2 unspecified atom stereocenters. The molecular formula is C18H25ClN2OS. The van der Waals surface area contributed by atoms with Crippen LogP contribution >= 0.6 is 23.7 Å². The highest BCUT2D eigenvalue weighted by molar-refractivity contribution is 7.09. The van der Waals surface area contributed by atoms with Crippen LogP contribution in [-0.4, -0.2) is 16.8 Å². The minimum Gasteiger partial charge on any atom is -0.335 e. The molecule has 0 saturated heterocycles. The fraction of sp³-hybridized carbons (Fsp3) is 0.389. The van der Waals surface area contributed by atoms with E-state index < -0.39 is 0 Å². The van der Waals surface area contributed by atoms with Crippen molar-refractivity contribution in [2.45, 2.75) is 39.4 Å². The van der Waals surface area contributed by atoms with E-state index in [0.29, 0.717) is 6.54 Å². The van der Waals surface area contributed by atoms with Crippen LogP contribution < -0.4 is 5.73 Å². The molecule has 0 aliphatic heterocycles. The number of thiophene rings is 1. The van der Waals surface area contributed by atoms with E-state index >= 15 is 0 Å². The van der Waals surface area contributed by atoms with Crippen molar-refractivity contribution >= 4 is 29.7 Å². The van der Waals surface area contributed by atoms with Gasteiger partial charge >= 0.3 is 0 Å². The average molecular weight is 353 g/mol. The molecule has 1 aromatic heterocycles. The van der Waals surface area contributed by atoms with Crippen molar-refractivity contribution in [2.24, 2.45) is 11.7 Å². The van der Waals surface area contributed by atoms with Crippen LogP contribution in [0.2, 0.25) is 0 Å². The van der Waals surface area contributed by atoms with Gasteiger partial charge in [-0.25, -0.2) is 0 Å². The largest absolute Gasteiger partial charge is 0.335 e. The first-order chi connectivity index (χ1) is 10.5. The van der Waals surface area contributed by atoms with Crippen molar-refractivity contribution in [1.82, 2.24) is 4.90 Å². The van der Waals surface area contributed by atoms with Crippen molar-refractivity contribution < 1.29 is 4.79 Å². The monoisotopic (exact) mass is 352 g/mol. The van der Waals surface area contributed by atoms with Gasteiger partial charge in [-0.2, -0.15) is 0 Å². The maximum absolute atomic E-state index is 12.9. The number of benzene rings is 1. The van der Waals surface area contributed by atoms with Crippen molar-refractivity contribution in [3.8, 4) is 0 Å². The average Bonchev–Trinajstić information content (AvgIpc) is 3.04. The Hall–Kier alpha value is -1.36. The summed E-state index contributed by atoms with van der Waals surface area (Å²) in [5, 5.41) is 2.04. The predicted octanol–water partition coefficient (Wildman–Crippen LogP) is 4.24. The van der Waals surface area contributed by atoms with Gasteiger partial charge in [-0.15, -0.1) is 23.7 Å². The lowest BCUT2D eigenvalue weighted by molar-refractivity contribution is -0.138. The van der Waals surface area contributed by atoms with E-state index in [2.05, 4.69) is 6.07 Å². The number of nitrogens with zero attached hydrogens (tertiary/aromatic N) is 1. The zero-order valence-corrected chi connectivity index (χ0v) is 15.4. The van der Waals surface area contributed by atoms with Crippen molar-refractivity contribution in [3.63, 3.8) is 0 Å². The normalized spacial score (nSPS) is 13.3. The maximum atomic E-state index is 12.9. The third kappa shape index (κ3) is 5.06. The SMILES string of the molecule is CC(C(=O)N(Cc1cccs1)C(C)C)C(N)c1ccccc1.Cl. The van der Waals surface area contributed by atoms with E-state index in [1.54, 1.807) is 11.3 Å². The second-order valence-corrected chi connectivity index (χ2v) is 6.90. The number of carbonyl (C=O) groups excluding carboxylic acids is 1. The number of hydrogen-bond donors (Lipinski definition) is 1. The van der Waals surface area contributed by atoms with Gasteiger partial charge in [-0.05, 0) is 30.9 Å². The van der Waals surface area contributed by atoms with Crippen LogP contribution in [0.15, 0.2) is 47.8 Å². The molecular weight excluding hydrogens is 328 g/mol. The van der Waals surface area contributed by atoms with E-state index in [1.165, 1.54) is 4.88 Å². The minimum absolute atomic E-state index is 0. The number of halogens is 1. The van der Waals surface area contributed by atoms with Gasteiger partial charge in [0.25, 0.3) is 0 Å². The highest BCUT2D eigenvalue weighted by Crippen LogP contribution is 2.23. The summed E-state index contributed by atoms with van der Waals surface area (Å²) in [6.45, 7) is 6.67. The summed E-state index contributed by atoms with van der Waals surface area (Å²) in [5.41, 5.74) is 7.31. The van der Waals surface area contributed by atoms with Crippen molar-refractivity contribution in [1.29, 1.82) is 0 Å². The Labute approximate surface area is 148 Å². The third-order valence-electron chi connectivity index (χ3n) is 3.93. The zero-order chi connectivity index (χ0) is 16.1. The van der Waals surface area contributed by atoms with E-state index in [0.717, 1.165) is 5.56 Å². The highest BCUT2D eigenvalue weighted by atomic mass is 35.5. The Bertz CT molecular complexity index is 586. The number of amides is 1. The van der Waals surface area contributed by atoms with Gasteiger partial charge in [0.05, 0.1) is 12.5 Å². The number of hydrogen-bond acceptors (Lipinski definition) is 3. The lowest BCUT2D eigenvalue weighted by Gasteiger charge is -2.31. The Balaban J connectivity index is 0.00000264. The Morgan fingerprint density at radius 2 is 1.78 bits per heavy atom. The van der Waals surface area contributed by atoms with Crippen molar-refractivity contribution in [2.75, 3.05) is 0 Å². The standard InChI is InChI=1S/C18H24N2OS.ClH/c1-13(2)20(12-16-10-7-11-22-16)18(21)14(3)17(19)15-8-5-4-6-9-15;/h4-11,13-14,17H,12,19H2,1-3H3;1H. The first-order valence-electron chi connectivity index (χ1n) is 7.64. The second kappa shape index (κ2) is 9.06. The first kappa shape index (κ1) is 19.7. The molecule has 2 aromatic rings. The van der Waals surface area contributed by atoms with Gasteiger partial charge in [-0.3, -0.25) is 4.79 Å². The summed E-state index contributed by atoms with van der Waals surface area (Å²) >= 11 is 1.68. The Morgan fingerprint density at radius 1 is 1.13 bits per heavy atom. The van der Waals surface area contributed by atoms with E-state index in [4.69, 9.17) is 5.73 Å². The van der Waals surface area contributed by atoms with Crippen LogP contribution in [0.1, 0.15) is 37.3 Å². The number of rotatable bonds is 6. The van der Waals surface area contributed by atoms with Gasteiger partial charge < -0.3 is 10.6 Å². The predicted molar refractivity (Wildman–Crippen MR) is 99.8 cm³/mol. The second-order valence-electron chi connectivity index (χ2n) is 5.86. The number of carbonyl (C=O) groups is 1. The molecule has 0 spiro atoms. The van der Waals surface area contributed by atoms with Gasteiger partial charge in [0, 0.05) is 17.0 Å². The molecule has 1 heterocycles. The molecule has 2 atom stereocenters. The number of nitrogens with two attached hydrogens (primary N) is 1. The maximum Gasteiger partial charge on any atom is 0.227 e. The van der Waals surface area contributed by atoms with Crippen LogP contribution in [0.25, 0.3) is 0 Å². The summed E-state index contributed by atoms with van der Waals surface area (Å²) in [5.74, 6) is -0.135. The topological polar surface area (TPSA) is 46.3 Å². The molecule has 0 fully saturated rings. The van der Waals surface area contributed by atoms with Gasteiger partial charge in [0.15, 0.2) is 0 Å². The lowest BCUT2D eigenvalue weighted by atomic mass is 9.93. The summed E-state index contributed by atoms with van der Waals surface area (Å²) in [7, 11) is 0. The molecule has 0 aliphatic carbocycles. The summed E-state index contributed by atoms with van der Waals surface area (Å²) < 4.78 is 0. The molecule has 1 amide bonds. The fourth-order valence-corrected chi connectivity index (χ4v) is 3.17. The molecule has 5 heteroatoms. The molecule has 23 heavy (non-hydrogen) atoms. The van der Waals surface area contributed by atoms with Crippen LogP contribution in [0, 0.1) is 5.92 Å². The van der Waals surface area contributed by atoms with E-state index in [9.17, 15) is 4.79 Å². The third-order valence-corrected chi connectivity index (χ3v) is 4.79. The molecule has 0 saturated carbocycles. The van der Waals surface area contributed by atoms with Crippen LogP contribution in [0.5, 0.6) is 0 Å². The van der Waals surface area contributed by atoms with E-state index in [-0.39, 0.29) is 36.3 Å². The van der Waals surface area contributed by atoms with E-state index in [1.807, 2.05) is 67.4 Å². The zero-order valence-electron chi connectivity index (χ0n) is 13.8. The Kier molecular flexibility index (Phi) is 7.76. The summed E-state index contributed by atoms with van der Waals surface area (Å²) in [4.78, 5) is 16.0. The minimum atomic E-state index is -0.279. The smallest absolute Gasteiger partial charge is 0.227 e. The first-order valence-corrected chi connectivity index (χ1v) is 8.52. The molecule has 2 N–H and O–H groups in total. The summed E-state index contributed by atoms with van der Waals surface area (Å²) in [6, 6.07) is 13.8. The van der Waals surface area contributed by atoms with Gasteiger partial charge in [0.2, 0.25) is 5.91 Å². The lowest BCUT2D eigenvalue weighted by Crippen LogP contribution is -2.42. The van der Waals surface area contributed by atoms with Gasteiger partial charge in [-0.1, -0.05) is 43.3 Å². The van der Waals surface area contributed by atoms with Gasteiger partial charge in [0.1, 0.15) is 0 Å². The summed E-state index contributed by atoms with van der Waals surface area (Å²) in [6.07, 6.45) is 0. The van der Waals surface area contributed by atoms with Crippen LogP contribution in [0.4, 0.5) is 0 Å². The fourth-order valence-electron chi connectivity index (χ4n) is 2.46. The van der Waals surface area contributed by atoms with Crippen LogP contribution in [-0.2, 0) is 11.3 Å². The highest BCUT2D eigenvalue weighted by Gasteiger charge is 2.28. The molecule has 1 aromatic carbocycles. The molecule has 2 rings (SSSR count). The molecule has 3 nitrogen and oxygen atoms in total. The molecule has 126 valence electrons. The molecule has 0 aliphatic rings. The molecule has 0 bridgehead atoms.